The van der Waals surface area contributed by atoms with Crippen molar-refractivity contribution in [2.75, 3.05) is 53.0 Å². The van der Waals surface area contributed by atoms with E-state index in [0.29, 0.717) is 0 Å². The summed E-state index contributed by atoms with van der Waals surface area (Å²) in [5.74, 6) is -0.153. The van der Waals surface area contributed by atoms with Gasteiger partial charge in [0, 0.05) is 14.2 Å². The van der Waals surface area contributed by atoms with Gasteiger partial charge in [0.1, 0.15) is 18.3 Å². The first-order valence-electron chi connectivity index (χ1n) is 10.3. The molecule has 1 aliphatic rings. The lowest BCUT2D eigenvalue weighted by atomic mass is 10.1. The van der Waals surface area contributed by atoms with E-state index in [4.69, 9.17) is 33.9 Å². The summed E-state index contributed by atoms with van der Waals surface area (Å²) in [5, 5.41) is 10.6. The summed E-state index contributed by atoms with van der Waals surface area (Å²) in [5.41, 5.74) is 5.11. The number of nitrogens with two attached hydrogens (primary N) is 1. The summed E-state index contributed by atoms with van der Waals surface area (Å²) in [7, 11) is -6.34. The average Bonchev–Trinajstić information content (AvgIpc) is 3.37. The maximum absolute atomic E-state index is 12.1. The highest BCUT2D eigenvalue weighted by Crippen LogP contribution is 2.44. The van der Waals surface area contributed by atoms with Gasteiger partial charge in [-0.3, -0.25) is 32.4 Å². The van der Waals surface area contributed by atoms with E-state index in [0.717, 1.165) is 7.11 Å². The molecular formula is C16H27N5O13P2. The number of aliphatic hydroxyl groups is 1. The fourth-order valence-corrected chi connectivity index (χ4v) is 4.37. The molecule has 0 aromatic carbocycles. The number of rotatable bonds is 14. The number of nitrogens with one attached hydrogen (secondary N) is 1. The Kier molecular flexibility index (Phi) is 9.73. The van der Waals surface area contributed by atoms with Gasteiger partial charge in [0.15, 0.2) is 17.4 Å². The molecule has 3 rings (SSSR count). The first kappa shape index (κ1) is 28.8. The molecule has 1 aliphatic heterocycles. The summed E-state index contributed by atoms with van der Waals surface area (Å²) >= 11 is 0. The molecule has 2 aromatic rings. The van der Waals surface area contributed by atoms with E-state index in [1.807, 2.05) is 0 Å². The number of aromatic nitrogens is 4. The van der Waals surface area contributed by atoms with Crippen LogP contribution in [0.15, 0.2) is 11.1 Å². The fourth-order valence-electron chi connectivity index (χ4n) is 3.25. The Bertz CT molecular complexity index is 1180. The number of phosphoric ester groups is 2. The molecule has 0 radical (unpaired) electrons. The van der Waals surface area contributed by atoms with Crippen LogP contribution >= 0.6 is 15.6 Å². The second-order valence-corrected chi connectivity index (χ2v) is 10.2. The van der Waals surface area contributed by atoms with Crippen molar-refractivity contribution in [3.63, 3.8) is 0 Å². The Labute approximate surface area is 203 Å². The van der Waals surface area contributed by atoms with Crippen LogP contribution in [0.3, 0.4) is 0 Å². The van der Waals surface area contributed by atoms with Gasteiger partial charge in [0.2, 0.25) is 5.95 Å². The van der Waals surface area contributed by atoms with E-state index in [2.05, 4.69) is 24.0 Å². The number of nitrogens with zero attached hydrogens (tertiary/aromatic N) is 3. The van der Waals surface area contributed by atoms with Crippen LogP contribution in [-0.4, -0.2) is 100.0 Å². The predicted molar refractivity (Wildman–Crippen MR) is 119 cm³/mol. The number of aliphatic hydroxyl groups excluding tert-OH is 1. The molecule has 6 N–H and O–H groups in total. The minimum absolute atomic E-state index is 0.0112. The number of hydrogen-bond acceptors (Lipinski definition) is 14. The van der Waals surface area contributed by atoms with Crippen molar-refractivity contribution in [2.45, 2.75) is 24.5 Å². The summed E-state index contributed by atoms with van der Waals surface area (Å²) in [6.07, 6.45) is -3.14. The number of phosphoric acid groups is 2. The second kappa shape index (κ2) is 12.2. The molecule has 36 heavy (non-hydrogen) atoms. The lowest BCUT2D eigenvalue weighted by molar-refractivity contribution is -0.0587. The summed E-state index contributed by atoms with van der Waals surface area (Å²) in [4.78, 5) is 41.3. The van der Waals surface area contributed by atoms with Gasteiger partial charge in [-0.2, -0.15) is 4.98 Å². The van der Waals surface area contributed by atoms with E-state index >= 15 is 0 Å². The molecule has 2 aromatic heterocycles. The van der Waals surface area contributed by atoms with E-state index in [1.54, 1.807) is 0 Å². The highest BCUT2D eigenvalue weighted by atomic mass is 31.2. The number of imidazole rings is 1. The van der Waals surface area contributed by atoms with E-state index in [-0.39, 0.29) is 43.5 Å². The van der Waals surface area contributed by atoms with Gasteiger partial charge in [0.25, 0.3) is 5.56 Å². The SMILES string of the molecule is CO[C@@H]1[C@H](O)[C@@H](COP(=O)(O)OCCOCCOP(=O)(O)OC)O[C@H]1n1cnc2c(=O)[nH]c(N)nc21. The van der Waals surface area contributed by atoms with Gasteiger partial charge >= 0.3 is 15.6 Å². The smallest absolute Gasteiger partial charge is 0.387 e. The molecule has 2 unspecified atom stereocenters. The Hall–Kier alpha value is -1.79. The van der Waals surface area contributed by atoms with E-state index < -0.39 is 52.4 Å². The van der Waals surface area contributed by atoms with Crippen LogP contribution in [0.1, 0.15) is 6.23 Å². The van der Waals surface area contributed by atoms with Crippen LogP contribution in [0.5, 0.6) is 0 Å². The van der Waals surface area contributed by atoms with Gasteiger partial charge in [-0.25, -0.2) is 14.1 Å². The average molecular weight is 559 g/mol. The number of methoxy groups -OCH3 is 1. The van der Waals surface area contributed by atoms with Crippen LogP contribution in [0, 0.1) is 0 Å². The third-order valence-electron chi connectivity index (χ3n) is 4.91. The number of aromatic amines is 1. The van der Waals surface area contributed by atoms with Crippen LogP contribution in [0.4, 0.5) is 5.95 Å². The zero-order valence-electron chi connectivity index (χ0n) is 19.2. The van der Waals surface area contributed by atoms with Gasteiger partial charge in [-0.15, -0.1) is 0 Å². The first-order chi connectivity index (χ1) is 17.0. The topological polar surface area (TPSA) is 249 Å². The lowest BCUT2D eigenvalue weighted by Gasteiger charge is -2.19. The number of fused-ring (bicyclic) bond motifs is 1. The molecule has 204 valence electrons. The molecule has 3 heterocycles. The fraction of sp³-hybridized carbons (Fsp3) is 0.688. The first-order valence-corrected chi connectivity index (χ1v) is 13.3. The molecule has 18 nitrogen and oxygen atoms in total. The van der Waals surface area contributed by atoms with Crippen molar-refractivity contribution < 1.29 is 56.3 Å². The van der Waals surface area contributed by atoms with Crippen LogP contribution in [0.25, 0.3) is 11.2 Å². The Balaban J connectivity index is 1.51. The van der Waals surface area contributed by atoms with E-state index in [9.17, 15) is 23.9 Å². The van der Waals surface area contributed by atoms with Gasteiger partial charge in [0.05, 0.1) is 39.4 Å². The minimum atomic E-state index is -4.56. The van der Waals surface area contributed by atoms with Gasteiger partial charge < -0.3 is 34.8 Å². The Morgan fingerprint density at radius 3 is 2.44 bits per heavy atom. The Morgan fingerprint density at radius 2 is 1.81 bits per heavy atom. The Morgan fingerprint density at radius 1 is 1.14 bits per heavy atom. The largest absolute Gasteiger partial charge is 0.472 e. The summed E-state index contributed by atoms with van der Waals surface area (Å²) in [6, 6.07) is 0. The van der Waals surface area contributed by atoms with Gasteiger partial charge in [-0.1, -0.05) is 0 Å². The van der Waals surface area contributed by atoms with Crippen molar-refractivity contribution in [1.82, 2.24) is 19.5 Å². The molecule has 6 atom stereocenters. The quantitative estimate of drug-likeness (QED) is 0.136. The molecule has 1 fully saturated rings. The van der Waals surface area contributed by atoms with Crippen molar-refractivity contribution in [1.29, 1.82) is 0 Å². The van der Waals surface area contributed by atoms with Crippen molar-refractivity contribution in [3.8, 4) is 0 Å². The molecular weight excluding hydrogens is 532 g/mol. The zero-order valence-corrected chi connectivity index (χ0v) is 20.9. The van der Waals surface area contributed by atoms with Crippen LogP contribution in [0.2, 0.25) is 0 Å². The molecule has 0 aliphatic carbocycles. The number of ether oxygens (including phenoxy) is 3. The lowest BCUT2D eigenvalue weighted by Crippen LogP contribution is -2.35. The van der Waals surface area contributed by atoms with Crippen molar-refractivity contribution >= 4 is 32.8 Å². The molecule has 0 saturated carbocycles. The summed E-state index contributed by atoms with van der Waals surface area (Å²) in [6.45, 7) is -1.42. The number of H-pyrrole nitrogens is 1. The van der Waals surface area contributed by atoms with Crippen molar-refractivity contribution in [3.05, 3.63) is 16.7 Å². The molecule has 0 amide bonds. The third-order valence-corrected chi connectivity index (χ3v) is 6.86. The predicted octanol–water partition coefficient (Wildman–Crippen LogP) is -1.11. The number of hydrogen-bond donors (Lipinski definition) is 5. The van der Waals surface area contributed by atoms with E-state index in [1.165, 1.54) is 18.0 Å². The monoisotopic (exact) mass is 559 g/mol. The van der Waals surface area contributed by atoms with Crippen LogP contribution in [-0.2, 0) is 41.4 Å². The third kappa shape index (κ3) is 7.16. The maximum atomic E-state index is 12.1. The maximum Gasteiger partial charge on any atom is 0.472 e. The number of nitrogen functional groups attached to an aromatic ring is 1. The zero-order chi connectivity index (χ0) is 26.5. The van der Waals surface area contributed by atoms with Crippen molar-refractivity contribution in [2.24, 2.45) is 0 Å². The normalized spacial score (nSPS) is 25.7. The number of anilines is 1. The van der Waals surface area contributed by atoms with Crippen LogP contribution < -0.4 is 11.3 Å². The minimum Gasteiger partial charge on any atom is -0.387 e. The second-order valence-electron chi connectivity index (χ2n) is 7.23. The highest BCUT2D eigenvalue weighted by molar-refractivity contribution is 7.47. The molecule has 0 bridgehead atoms. The molecule has 1 saturated heterocycles. The van der Waals surface area contributed by atoms with Gasteiger partial charge in [-0.05, 0) is 0 Å². The molecule has 20 heteroatoms. The highest BCUT2D eigenvalue weighted by Gasteiger charge is 2.46. The molecule has 0 spiro atoms. The summed E-state index contributed by atoms with van der Waals surface area (Å²) < 4.78 is 59.2. The standard InChI is InChI=1S/C16H27N5O13P2/c1-28-12-11(22)9(34-15(12)21-8-18-10-13(21)19-16(17)20-14(10)23)7-33-36(26,27)32-6-4-30-3-5-31-35(24,25)29-2/h8-9,11-12,15,22H,3-7H2,1-2H3,(H,24,25)(H,26,27)(H3,17,19,20,23)/t9-,11-,12-,15-/m1/s1.